The molecular formula is C25H28N2O3S. The molecule has 6 heteroatoms. The first-order valence-electron chi connectivity index (χ1n) is 10.8. The third-order valence-corrected chi connectivity index (χ3v) is 6.39. The van der Waals surface area contributed by atoms with Gasteiger partial charge in [0.2, 0.25) is 0 Å². The van der Waals surface area contributed by atoms with Crippen molar-refractivity contribution < 1.29 is 14.3 Å². The molecule has 1 aliphatic rings. The summed E-state index contributed by atoms with van der Waals surface area (Å²) in [5.74, 6) is 1.79. The van der Waals surface area contributed by atoms with Crippen molar-refractivity contribution in [1.29, 1.82) is 0 Å². The molecule has 0 saturated carbocycles. The van der Waals surface area contributed by atoms with Gasteiger partial charge in [-0.05, 0) is 62.2 Å². The number of carbonyl (C=O) groups excluding carboxylic acids is 1. The summed E-state index contributed by atoms with van der Waals surface area (Å²) in [7, 11) is 0. The number of nitrogens with zero attached hydrogens (tertiary/aromatic N) is 2. The number of hydrogen-bond donors (Lipinski definition) is 0. The molecule has 1 fully saturated rings. The van der Waals surface area contributed by atoms with Gasteiger partial charge < -0.3 is 14.4 Å². The quantitative estimate of drug-likeness (QED) is 0.511. The highest BCUT2D eigenvalue weighted by atomic mass is 32.1. The second kappa shape index (κ2) is 9.52. The number of ether oxygens (including phenoxy) is 2. The molecule has 2 heterocycles. The van der Waals surface area contributed by atoms with Crippen molar-refractivity contribution in [3.63, 3.8) is 0 Å². The number of rotatable bonds is 6. The van der Waals surface area contributed by atoms with Gasteiger partial charge in [-0.2, -0.15) is 0 Å². The summed E-state index contributed by atoms with van der Waals surface area (Å²) in [6.07, 6.45) is 1.80. The van der Waals surface area contributed by atoms with E-state index in [-0.39, 0.29) is 12.0 Å². The number of aryl methyl sites for hydroxylation is 2. The highest BCUT2D eigenvalue weighted by molar-refractivity contribution is 7.13. The van der Waals surface area contributed by atoms with Gasteiger partial charge in [-0.15, -0.1) is 11.3 Å². The molecule has 31 heavy (non-hydrogen) atoms. The van der Waals surface area contributed by atoms with Crippen LogP contribution in [0.1, 0.15) is 41.4 Å². The normalized spacial score (nSPS) is 14.5. The molecular weight excluding hydrogens is 408 g/mol. The van der Waals surface area contributed by atoms with Crippen LogP contribution in [0, 0.1) is 13.8 Å². The topological polar surface area (TPSA) is 51.7 Å². The molecule has 0 spiro atoms. The fraction of sp³-hybridized carbons (Fsp3) is 0.360. The average molecular weight is 437 g/mol. The molecule has 0 radical (unpaired) electrons. The smallest absolute Gasteiger partial charge is 0.273 e. The Hall–Kier alpha value is -2.86. The van der Waals surface area contributed by atoms with Crippen LogP contribution in [0.15, 0.2) is 47.8 Å². The summed E-state index contributed by atoms with van der Waals surface area (Å²) in [6, 6.07) is 14.1. The number of amides is 1. The lowest BCUT2D eigenvalue weighted by Gasteiger charge is -2.32. The molecule has 3 aromatic rings. The third kappa shape index (κ3) is 5.07. The number of hydrogen-bond acceptors (Lipinski definition) is 5. The Balaban J connectivity index is 1.35. The van der Waals surface area contributed by atoms with Crippen LogP contribution in [0.2, 0.25) is 0 Å². The van der Waals surface area contributed by atoms with Crippen molar-refractivity contribution in [3.8, 4) is 22.1 Å². The molecule has 0 unspecified atom stereocenters. The molecule has 0 N–H and O–H groups in total. The van der Waals surface area contributed by atoms with Crippen LogP contribution in [0.5, 0.6) is 11.5 Å². The van der Waals surface area contributed by atoms with Crippen molar-refractivity contribution in [2.45, 2.75) is 39.7 Å². The summed E-state index contributed by atoms with van der Waals surface area (Å²) in [5.41, 5.74) is 3.85. The minimum absolute atomic E-state index is 0.00128. The van der Waals surface area contributed by atoms with Crippen molar-refractivity contribution in [1.82, 2.24) is 9.88 Å². The Morgan fingerprint density at radius 3 is 2.58 bits per heavy atom. The van der Waals surface area contributed by atoms with Crippen LogP contribution >= 0.6 is 11.3 Å². The molecule has 0 atom stereocenters. The molecule has 4 rings (SSSR count). The molecule has 1 saturated heterocycles. The van der Waals surface area contributed by atoms with Gasteiger partial charge in [0.05, 0.1) is 6.61 Å². The molecule has 1 aromatic heterocycles. The Morgan fingerprint density at radius 1 is 1.13 bits per heavy atom. The minimum Gasteiger partial charge on any atom is -0.494 e. The Bertz CT molecular complexity index is 1040. The molecule has 2 aromatic carbocycles. The maximum atomic E-state index is 13.0. The zero-order chi connectivity index (χ0) is 21.8. The number of carbonyl (C=O) groups is 1. The van der Waals surface area contributed by atoms with E-state index in [0.29, 0.717) is 25.4 Å². The average Bonchev–Trinajstić information content (AvgIpc) is 3.27. The van der Waals surface area contributed by atoms with E-state index in [1.54, 1.807) is 0 Å². The lowest BCUT2D eigenvalue weighted by atomic mass is 10.1. The van der Waals surface area contributed by atoms with Crippen LogP contribution in [0.25, 0.3) is 10.6 Å². The highest BCUT2D eigenvalue weighted by Crippen LogP contribution is 2.28. The predicted octanol–water partition coefficient (Wildman–Crippen LogP) is 5.51. The van der Waals surface area contributed by atoms with Gasteiger partial charge in [0.1, 0.15) is 28.3 Å². The van der Waals surface area contributed by atoms with Crippen molar-refractivity contribution >= 4 is 17.2 Å². The van der Waals surface area contributed by atoms with E-state index in [9.17, 15) is 4.79 Å². The Morgan fingerprint density at radius 2 is 1.87 bits per heavy atom. The van der Waals surface area contributed by atoms with Gasteiger partial charge >= 0.3 is 0 Å². The fourth-order valence-electron chi connectivity index (χ4n) is 3.72. The molecule has 1 aliphatic heterocycles. The van der Waals surface area contributed by atoms with Crippen LogP contribution in [0.3, 0.4) is 0 Å². The van der Waals surface area contributed by atoms with E-state index in [0.717, 1.165) is 40.5 Å². The zero-order valence-electron chi connectivity index (χ0n) is 18.3. The van der Waals surface area contributed by atoms with Gasteiger partial charge in [0, 0.05) is 36.9 Å². The molecule has 5 nitrogen and oxygen atoms in total. The lowest BCUT2D eigenvalue weighted by Crippen LogP contribution is -2.42. The van der Waals surface area contributed by atoms with Gasteiger partial charge in [-0.1, -0.05) is 12.1 Å². The third-order valence-electron chi connectivity index (χ3n) is 5.50. The van der Waals surface area contributed by atoms with Crippen LogP contribution in [-0.4, -0.2) is 41.6 Å². The lowest BCUT2D eigenvalue weighted by molar-refractivity contribution is 0.0589. The number of benzene rings is 2. The first-order chi connectivity index (χ1) is 15.0. The number of piperidine rings is 1. The Labute approximate surface area is 187 Å². The van der Waals surface area contributed by atoms with Crippen molar-refractivity contribution in [3.05, 3.63) is 64.7 Å². The van der Waals surface area contributed by atoms with Crippen LogP contribution < -0.4 is 9.47 Å². The second-order valence-corrected chi connectivity index (χ2v) is 8.73. The predicted molar refractivity (Wildman–Crippen MR) is 124 cm³/mol. The van der Waals surface area contributed by atoms with Crippen molar-refractivity contribution in [2.24, 2.45) is 0 Å². The van der Waals surface area contributed by atoms with Crippen LogP contribution in [0.4, 0.5) is 0 Å². The van der Waals surface area contributed by atoms with E-state index in [1.165, 1.54) is 16.9 Å². The summed E-state index contributed by atoms with van der Waals surface area (Å²) in [6.45, 7) is 8.11. The zero-order valence-corrected chi connectivity index (χ0v) is 19.1. The first-order valence-corrected chi connectivity index (χ1v) is 11.6. The maximum Gasteiger partial charge on any atom is 0.273 e. The second-order valence-electron chi connectivity index (χ2n) is 7.87. The summed E-state index contributed by atoms with van der Waals surface area (Å²) < 4.78 is 11.7. The van der Waals surface area contributed by atoms with E-state index in [2.05, 4.69) is 37.0 Å². The maximum absolute atomic E-state index is 13.0. The van der Waals surface area contributed by atoms with Crippen molar-refractivity contribution in [2.75, 3.05) is 19.7 Å². The van der Waals surface area contributed by atoms with E-state index in [4.69, 9.17) is 9.47 Å². The van der Waals surface area contributed by atoms with Gasteiger partial charge in [0.15, 0.2) is 0 Å². The summed E-state index contributed by atoms with van der Waals surface area (Å²) >= 11 is 1.50. The van der Waals surface area contributed by atoms with Crippen LogP contribution in [-0.2, 0) is 0 Å². The summed E-state index contributed by atoms with van der Waals surface area (Å²) in [5, 5.41) is 2.70. The monoisotopic (exact) mass is 436 g/mol. The number of likely N-dealkylation sites (tertiary alicyclic amines) is 1. The standard InChI is InChI=1S/C25H28N2O3S/c1-4-29-20-9-7-19(8-10-20)24-26-22(16-31-24)25(28)27-13-11-21(12-14-27)30-23-15-17(2)5-6-18(23)3/h5-10,15-16,21H,4,11-14H2,1-3H3. The molecule has 0 aliphatic carbocycles. The van der Waals surface area contributed by atoms with E-state index >= 15 is 0 Å². The molecule has 0 bridgehead atoms. The van der Waals surface area contributed by atoms with Gasteiger partial charge in [-0.25, -0.2) is 4.98 Å². The number of thiazole rings is 1. The van der Waals surface area contributed by atoms with E-state index in [1.807, 2.05) is 41.5 Å². The highest BCUT2D eigenvalue weighted by Gasteiger charge is 2.26. The largest absolute Gasteiger partial charge is 0.494 e. The number of aromatic nitrogens is 1. The molecule has 162 valence electrons. The minimum atomic E-state index is -0.00128. The molecule has 1 amide bonds. The fourth-order valence-corrected chi connectivity index (χ4v) is 4.52. The first kappa shape index (κ1) is 21.4. The van der Waals surface area contributed by atoms with Gasteiger partial charge in [0.25, 0.3) is 5.91 Å². The summed E-state index contributed by atoms with van der Waals surface area (Å²) in [4.78, 5) is 19.4. The van der Waals surface area contributed by atoms with Gasteiger partial charge in [-0.3, -0.25) is 4.79 Å². The SMILES string of the molecule is CCOc1ccc(-c2nc(C(=O)N3CCC(Oc4cc(C)ccc4C)CC3)cs2)cc1. The van der Waals surface area contributed by atoms with E-state index < -0.39 is 0 Å². The Kier molecular flexibility index (Phi) is 6.56.